The predicted molar refractivity (Wildman–Crippen MR) is 111 cm³/mol. The third-order valence-corrected chi connectivity index (χ3v) is 7.49. The van der Waals surface area contributed by atoms with Gasteiger partial charge in [0.2, 0.25) is 5.85 Å². The Morgan fingerprint density at radius 1 is 0.900 bits per heavy atom. The van der Waals surface area contributed by atoms with Crippen LogP contribution in [0.3, 0.4) is 0 Å². The summed E-state index contributed by atoms with van der Waals surface area (Å²) in [5.41, 5.74) is 0.0122. The highest BCUT2D eigenvalue weighted by atomic mass is 32.2. The molecular formula is C19H24NO8PS. The van der Waals surface area contributed by atoms with Crippen molar-refractivity contribution < 1.29 is 31.1 Å². The van der Waals surface area contributed by atoms with Gasteiger partial charge in [0.25, 0.3) is 15.8 Å². The summed E-state index contributed by atoms with van der Waals surface area (Å²) in [6.45, 7) is 6.57. The van der Waals surface area contributed by atoms with Crippen molar-refractivity contribution in [3.8, 4) is 0 Å². The normalized spacial score (nSPS) is 13.5. The summed E-state index contributed by atoms with van der Waals surface area (Å²) in [7, 11) is -8.58. The second kappa shape index (κ2) is 9.80. The average Bonchev–Trinajstić information content (AvgIpc) is 2.65. The lowest BCUT2D eigenvalue weighted by Crippen LogP contribution is -2.19. The zero-order valence-corrected chi connectivity index (χ0v) is 18.7. The van der Waals surface area contributed by atoms with E-state index in [1.165, 1.54) is 0 Å². The molecule has 0 saturated heterocycles. The van der Waals surface area contributed by atoms with Crippen molar-refractivity contribution in [1.82, 2.24) is 0 Å². The van der Waals surface area contributed by atoms with E-state index in [1.807, 2.05) is 0 Å². The summed E-state index contributed by atoms with van der Waals surface area (Å²) in [6.07, 6.45) is -1.07. The maximum Gasteiger partial charge on any atom is 0.365 e. The van der Waals surface area contributed by atoms with E-state index in [-0.39, 0.29) is 16.1 Å². The summed E-state index contributed by atoms with van der Waals surface area (Å²) in [4.78, 5) is 9.84. The SMILES string of the molecule is CC(C)OP(=O)(OC(C)C)[C@@H](OS(=O)(=O)c1ccc([N+](=O)[O-])cc1)c1ccccc1. The van der Waals surface area contributed by atoms with Gasteiger partial charge in [0, 0.05) is 12.1 Å². The molecule has 0 radical (unpaired) electrons. The summed E-state index contributed by atoms with van der Waals surface area (Å²) in [5.74, 6) is -1.57. The Morgan fingerprint density at radius 2 is 1.40 bits per heavy atom. The number of hydrogen-bond acceptors (Lipinski definition) is 8. The van der Waals surface area contributed by atoms with Crippen LogP contribution < -0.4 is 0 Å². The molecule has 2 aromatic rings. The summed E-state index contributed by atoms with van der Waals surface area (Å²) < 4.78 is 55.9. The number of benzene rings is 2. The molecule has 0 bridgehead atoms. The largest absolute Gasteiger partial charge is 0.365 e. The molecule has 11 heteroatoms. The molecule has 0 spiro atoms. The van der Waals surface area contributed by atoms with Crippen molar-refractivity contribution in [3.05, 3.63) is 70.3 Å². The molecule has 0 aromatic heterocycles. The van der Waals surface area contributed by atoms with Crippen molar-refractivity contribution in [2.24, 2.45) is 0 Å². The van der Waals surface area contributed by atoms with Gasteiger partial charge in [-0.15, -0.1) is 0 Å². The summed E-state index contributed by atoms with van der Waals surface area (Å²) >= 11 is 0. The average molecular weight is 457 g/mol. The highest BCUT2D eigenvalue weighted by Gasteiger charge is 2.43. The molecule has 9 nitrogen and oxygen atoms in total. The lowest BCUT2D eigenvalue weighted by molar-refractivity contribution is -0.384. The highest BCUT2D eigenvalue weighted by molar-refractivity contribution is 7.87. The second-order valence-corrected chi connectivity index (χ2v) is 10.5. The zero-order valence-electron chi connectivity index (χ0n) is 17.0. The molecule has 0 aliphatic carbocycles. The number of non-ortho nitro benzene ring substituents is 1. The minimum atomic E-state index is -4.46. The standard InChI is InChI=1S/C19H24NO8PS/c1-14(2)26-29(23,27-15(3)4)19(16-8-6-5-7-9-16)28-30(24,25)18-12-10-17(11-13-18)20(21)22/h5-15,19H,1-4H3/t19-/m1/s1. The molecule has 0 N–H and O–H groups in total. The molecular weight excluding hydrogens is 433 g/mol. The van der Waals surface area contributed by atoms with Gasteiger partial charge in [0.1, 0.15) is 0 Å². The van der Waals surface area contributed by atoms with Crippen LogP contribution in [0.1, 0.15) is 39.1 Å². The van der Waals surface area contributed by atoms with E-state index in [4.69, 9.17) is 13.2 Å². The fourth-order valence-electron chi connectivity index (χ4n) is 2.54. The molecule has 0 aliphatic heterocycles. The van der Waals surface area contributed by atoms with E-state index >= 15 is 0 Å². The van der Waals surface area contributed by atoms with Crippen LogP contribution in [0.2, 0.25) is 0 Å². The molecule has 0 fully saturated rings. The van der Waals surface area contributed by atoms with Crippen molar-refractivity contribution in [2.75, 3.05) is 0 Å². The van der Waals surface area contributed by atoms with Crippen LogP contribution in [-0.2, 0) is 27.9 Å². The predicted octanol–water partition coefficient (Wildman–Crippen LogP) is 5.04. The molecule has 2 aromatic carbocycles. The summed E-state index contributed by atoms with van der Waals surface area (Å²) in [5, 5.41) is 10.8. The van der Waals surface area contributed by atoms with Crippen LogP contribution in [-0.4, -0.2) is 25.5 Å². The zero-order chi connectivity index (χ0) is 22.5. The first-order valence-corrected chi connectivity index (χ1v) is 12.2. The summed E-state index contributed by atoms with van der Waals surface area (Å²) in [6, 6.07) is 12.3. The van der Waals surface area contributed by atoms with Gasteiger partial charge < -0.3 is 9.05 Å². The fraction of sp³-hybridized carbons (Fsp3) is 0.368. The third-order valence-electron chi connectivity index (χ3n) is 3.64. The monoisotopic (exact) mass is 457 g/mol. The van der Waals surface area contributed by atoms with E-state index in [9.17, 15) is 23.1 Å². The van der Waals surface area contributed by atoms with Crippen molar-refractivity contribution in [3.63, 3.8) is 0 Å². The molecule has 0 amide bonds. The van der Waals surface area contributed by atoms with E-state index in [0.717, 1.165) is 24.3 Å². The van der Waals surface area contributed by atoms with Gasteiger partial charge in [-0.1, -0.05) is 30.3 Å². The second-order valence-electron chi connectivity index (χ2n) is 6.91. The number of rotatable bonds is 10. The van der Waals surface area contributed by atoms with Gasteiger partial charge in [-0.3, -0.25) is 14.7 Å². The lowest BCUT2D eigenvalue weighted by Gasteiger charge is -2.29. The van der Waals surface area contributed by atoms with Gasteiger partial charge in [-0.05, 0) is 45.4 Å². The number of nitro groups is 1. The number of nitrogens with zero attached hydrogens (tertiary/aromatic N) is 1. The van der Waals surface area contributed by atoms with Crippen LogP contribution in [0.15, 0.2) is 59.5 Å². The highest BCUT2D eigenvalue weighted by Crippen LogP contribution is 2.63. The molecule has 0 heterocycles. The maximum absolute atomic E-state index is 13.7. The van der Waals surface area contributed by atoms with E-state index < -0.39 is 40.7 Å². The van der Waals surface area contributed by atoms with Crippen LogP contribution in [0.5, 0.6) is 0 Å². The molecule has 164 valence electrons. The quantitative estimate of drug-likeness (QED) is 0.210. The first-order chi connectivity index (χ1) is 13.9. The van der Waals surface area contributed by atoms with E-state index in [1.54, 1.807) is 58.0 Å². The Balaban J connectivity index is 2.51. The Hall–Kier alpha value is -2.10. The molecule has 2 rings (SSSR count). The molecule has 0 saturated carbocycles. The Kier molecular flexibility index (Phi) is 7.90. The number of nitro benzene ring substituents is 1. The van der Waals surface area contributed by atoms with Crippen molar-refractivity contribution in [1.29, 1.82) is 0 Å². The smallest absolute Gasteiger partial charge is 0.304 e. The molecule has 0 unspecified atom stereocenters. The lowest BCUT2D eigenvalue weighted by atomic mass is 10.2. The van der Waals surface area contributed by atoms with Crippen LogP contribution >= 0.6 is 7.60 Å². The Labute approximate surface area is 175 Å². The van der Waals surface area contributed by atoms with E-state index in [2.05, 4.69) is 0 Å². The van der Waals surface area contributed by atoms with Crippen LogP contribution in [0.25, 0.3) is 0 Å². The molecule has 30 heavy (non-hydrogen) atoms. The first kappa shape index (κ1) is 24.2. The van der Waals surface area contributed by atoms with Crippen LogP contribution in [0.4, 0.5) is 5.69 Å². The first-order valence-electron chi connectivity index (χ1n) is 9.14. The minimum absolute atomic E-state index is 0.273. The van der Waals surface area contributed by atoms with Crippen molar-refractivity contribution in [2.45, 2.75) is 50.6 Å². The van der Waals surface area contributed by atoms with Crippen molar-refractivity contribution >= 4 is 23.4 Å². The van der Waals surface area contributed by atoms with Gasteiger partial charge in [0.15, 0.2) is 0 Å². The Bertz CT molecular complexity index is 993. The Morgan fingerprint density at radius 3 is 1.83 bits per heavy atom. The minimum Gasteiger partial charge on any atom is -0.304 e. The van der Waals surface area contributed by atoms with Gasteiger partial charge in [0.05, 0.1) is 22.0 Å². The number of hydrogen-bond donors (Lipinski definition) is 0. The maximum atomic E-state index is 13.7. The van der Waals surface area contributed by atoms with Gasteiger partial charge in [-0.2, -0.15) is 8.42 Å². The topological polar surface area (TPSA) is 122 Å². The fourth-order valence-corrected chi connectivity index (χ4v) is 6.22. The van der Waals surface area contributed by atoms with Gasteiger partial charge >= 0.3 is 7.60 Å². The molecule has 0 aliphatic rings. The van der Waals surface area contributed by atoms with Gasteiger partial charge in [-0.25, -0.2) is 4.18 Å². The molecule has 1 atom stereocenters. The van der Waals surface area contributed by atoms with Crippen LogP contribution in [0, 0.1) is 10.1 Å². The third kappa shape index (κ3) is 6.20. The van der Waals surface area contributed by atoms with E-state index in [0.29, 0.717) is 0 Å².